The number of carboxylic acid groups (broad SMARTS) is 1. The van der Waals surface area contributed by atoms with Gasteiger partial charge >= 0.3 is 12.0 Å². The Kier molecular flexibility index (Phi) is 6.82. The summed E-state index contributed by atoms with van der Waals surface area (Å²) in [6.45, 7) is -0.0437. The second-order valence-electron chi connectivity index (χ2n) is 3.71. The zero-order valence-electron chi connectivity index (χ0n) is 10.8. The molecule has 0 atom stereocenters. The average Bonchev–Trinajstić information content (AvgIpc) is 2.37. The van der Waals surface area contributed by atoms with E-state index in [0.717, 1.165) is 4.47 Å². The molecule has 0 fully saturated rings. The molecule has 0 saturated carbocycles. The molecule has 110 valence electrons. The molecule has 0 aliphatic carbocycles. The topological polar surface area (TPSA) is 96.9 Å². The molecule has 3 N–H and O–H groups in total. The third kappa shape index (κ3) is 6.39. The molecule has 1 aromatic rings. The summed E-state index contributed by atoms with van der Waals surface area (Å²) in [7, 11) is 1.53. The van der Waals surface area contributed by atoms with Gasteiger partial charge < -0.3 is 25.2 Å². The predicted octanol–water partition coefficient (Wildman–Crippen LogP) is 1.68. The number of aliphatic carboxylic acids is 1. The van der Waals surface area contributed by atoms with Crippen molar-refractivity contribution in [3.63, 3.8) is 0 Å². The molecule has 0 unspecified atom stereocenters. The van der Waals surface area contributed by atoms with Crippen molar-refractivity contribution in [2.24, 2.45) is 0 Å². The lowest BCUT2D eigenvalue weighted by Gasteiger charge is -2.09. The number of benzene rings is 1. The molecule has 1 aromatic carbocycles. The van der Waals surface area contributed by atoms with Gasteiger partial charge in [-0.15, -0.1) is 0 Å². The Hall–Kier alpha value is -1.80. The fourth-order valence-electron chi connectivity index (χ4n) is 1.32. The lowest BCUT2D eigenvalue weighted by atomic mass is 10.3. The largest absolute Gasteiger partial charge is 0.497 e. The average molecular weight is 347 g/mol. The molecule has 0 aliphatic rings. The first-order chi connectivity index (χ1) is 9.51. The SMILES string of the molecule is COc1cc(Br)cc(NC(=O)NCCOCC(=O)O)c1. The van der Waals surface area contributed by atoms with Crippen LogP contribution in [-0.4, -0.2) is 44.0 Å². The molecule has 1 rings (SSSR count). The third-order valence-corrected chi connectivity index (χ3v) is 2.58. The number of hydrogen-bond donors (Lipinski definition) is 3. The Bertz CT molecular complexity index is 481. The minimum absolute atomic E-state index is 0.127. The molecular formula is C12H15BrN2O5. The van der Waals surface area contributed by atoms with Crippen molar-refractivity contribution in [1.29, 1.82) is 0 Å². The first kappa shape index (κ1) is 16.3. The van der Waals surface area contributed by atoms with E-state index in [9.17, 15) is 9.59 Å². The number of nitrogens with one attached hydrogen (secondary N) is 2. The summed E-state index contributed by atoms with van der Waals surface area (Å²) in [5.41, 5.74) is 0.570. The van der Waals surface area contributed by atoms with Crippen LogP contribution in [0.25, 0.3) is 0 Å². The van der Waals surface area contributed by atoms with Crippen LogP contribution in [0.1, 0.15) is 0 Å². The monoisotopic (exact) mass is 346 g/mol. The van der Waals surface area contributed by atoms with Crippen LogP contribution in [0.2, 0.25) is 0 Å². The van der Waals surface area contributed by atoms with Crippen LogP contribution in [0.4, 0.5) is 10.5 Å². The van der Waals surface area contributed by atoms with Gasteiger partial charge in [-0.25, -0.2) is 9.59 Å². The van der Waals surface area contributed by atoms with Crippen molar-refractivity contribution >= 4 is 33.6 Å². The first-order valence-electron chi connectivity index (χ1n) is 5.70. The normalized spacial score (nSPS) is 9.90. The van der Waals surface area contributed by atoms with Crippen molar-refractivity contribution in [3.05, 3.63) is 22.7 Å². The highest BCUT2D eigenvalue weighted by molar-refractivity contribution is 9.10. The Labute approximate surface area is 124 Å². The standard InChI is InChI=1S/C12H15BrN2O5/c1-19-10-5-8(13)4-9(6-10)15-12(18)14-2-3-20-7-11(16)17/h4-6H,2-3,7H2,1H3,(H,16,17)(H2,14,15,18). The highest BCUT2D eigenvalue weighted by atomic mass is 79.9. The molecular weight excluding hydrogens is 332 g/mol. The number of hydrogen-bond acceptors (Lipinski definition) is 4. The Morgan fingerprint density at radius 1 is 1.35 bits per heavy atom. The van der Waals surface area contributed by atoms with Crippen LogP contribution < -0.4 is 15.4 Å². The maximum Gasteiger partial charge on any atom is 0.329 e. The van der Waals surface area contributed by atoms with Crippen LogP contribution in [0.3, 0.4) is 0 Å². The molecule has 2 amide bonds. The smallest absolute Gasteiger partial charge is 0.329 e. The van der Waals surface area contributed by atoms with Crippen molar-refractivity contribution in [2.45, 2.75) is 0 Å². The van der Waals surface area contributed by atoms with Gasteiger partial charge in [-0.1, -0.05) is 15.9 Å². The summed E-state index contributed by atoms with van der Waals surface area (Å²) < 4.78 is 10.6. The van der Waals surface area contributed by atoms with Gasteiger partial charge in [0.05, 0.1) is 13.7 Å². The lowest BCUT2D eigenvalue weighted by molar-refractivity contribution is -0.142. The fourth-order valence-corrected chi connectivity index (χ4v) is 1.80. The van der Waals surface area contributed by atoms with E-state index in [1.54, 1.807) is 18.2 Å². The van der Waals surface area contributed by atoms with Gasteiger partial charge in [0.15, 0.2) is 0 Å². The lowest BCUT2D eigenvalue weighted by Crippen LogP contribution is -2.32. The van der Waals surface area contributed by atoms with Crippen LogP contribution in [0.15, 0.2) is 22.7 Å². The number of methoxy groups -OCH3 is 1. The number of rotatable bonds is 7. The van der Waals surface area contributed by atoms with E-state index in [0.29, 0.717) is 11.4 Å². The number of ether oxygens (including phenoxy) is 2. The molecule has 0 radical (unpaired) electrons. The Balaban J connectivity index is 2.35. The van der Waals surface area contributed by atoms with Gasteiger partial charge in [0.1, 0.15) is 12.4 Å². The summed E-state index contributed by atoms with van der Waals surface area (Å²) in [4.78, 5) is 21.8. The highest BCUT2D eigenvalue weighted by Crippen LogP contribution is 2.24. The number of urea groups is 1. The highest BCUT2D eigenvalue weighted by Gasteiger charge is 2.04. The van der Waals surface area contributed by atoms with E-state index in [2.05, 4.69) is 26.6 Å². The minimum Gasteiger partial charge on any atom is -0.497 e. The predicted molar refractivity (Wildman–Crippen MR) is 76.2 cm³/mol. The number of anilines is 1. The minimum atomic E-state index is -1.05. The summed E-state index contributed by atoms with van der Waals surface area (Å²) in [6, 6.07) is 4.75. The summed E-state index contributed by atoms with van der Waals surface area (Å²) in [5, 5.41) is 13.5. The van der Waals surface area contributed by atoms with Crippen molar-refractivity contribution in [1.82, 2.24) is 5.32 Å². The summed E-state index contributed by atoms with van der Waals surface area (Å²) in [6.07, 6.45) is 0. The van der Waals surface area contributed by atoms with Crippen LogP contribution in [0.5, 0.6) is 5.75 Å². The van der Waals surface area contributed by atoms with E-state index < -0.39 is 12.0 Å². The van der Waals surface area contributed by atoms with E-state index in [-0.39, 0.29) is 19.8 Å². The maximum atomic E-state index is 11.6. The molecule has 20 heavy (non-hydrogen) atoms. The summed E-state index contributed by atoms with van der Waals surface area (Å²) in [5.74, 6) is -0.435. The number of carbonyl (C=O) groups is 2. The number of carbonyl (C=O) groups excluding carboxylic acids is 1. The number of halogens is 1. The van der Waals surface area contributed by atoms with Crippen LogP contribution in [0, 0.1) is 0 Å². The maximum absolute atomic E-state index is 11.6. The van der Waals surface area contributed by atoms with E-state index in [4.69, 9.17) is 14.6 Å². The van der Waals surface area contributed by atoms with Crippen molar-refractivity contribution in [3.8, 4) is 5.75 Å². The fraction of sp³-hybridized carbons (Fsp3) is 0.333. The molecule has 0 saturated heterocycles. The molecule has 0 spiro atoms. The second kappa shape index (κ2) is 8.39. The van der Waals surface area contributed by atoms with Gasteiger partial charge in [0.2, 0.25) is 0 Å². The Morgan fingerprint density at radius 3 is 2.75 bits per heavy atom. The molecule has 8 heteroatoms. The van der Waals surface area contributed by atoms with E-state index in [1.807, 2.05) is 0 Å². The van der Waals surface area contributed by atoms with Gasteiger partial charge in [0, 0.05) is 22.8 Å². The molecule has 0 aromatic heterocycles. The third-order valence-electron chi connectivity index (χ3n) is 2.12. The van der Waals surface area contributed by atoms with E-state index >= 15 is 0 Å². The van der Waals surface area contributed by atoms with Gasteiger partial charge in [-0.05, 0) is 12.1 Å². The van der Waals surface area contributed by atoms with Crippen LogP contribution >= 0.6 is 15.9 Å². The van der Waals surface area contributed by atoms with Gasteiger partial charge in [0.25, 0.3) is 0 Å². The van der Waals surface area contributed by atoms with Crippen LogP contribution in [-0.2, 0) is 9.53 Å². The van der Waals surface area contributed by atoms with E-state index in [1.165, 1.54) is 7.11 Å². The first-order valence-corrected chi connectivity index (χ1v) is 6.49. The van der Waals surface area contributed by atoms with Crippen molar-refractivity contribution in [2.75, 3.05) is 32.2 Å². The second-order valence-corrected chi connectivity index (χ2v) is 4.62. The molecule has 7 nitrogen and oxygen atoms in total. The zero-order valence-corrected chi connectivity index (χ0v) is 12.4. The van der Waals surface area contributed by atoms with Gasteiger partial charge in [-0.2, -0.15) is 0 Å². The summed E-state index contributed by atoms with van der Waals surface area (Å²) >= 11 is 3.30. The quantitative estimate of drug-likeness (QED) is 0.652. The molecule has 0 aliphatic heterocycles. The molecule has 0 bridgehead atoms. The zero-order chi connectivity index (χ0) is 15.0. The number of amides is 2. The van der Waals surface area contributed by atoms with Crippen molar-refractivity contribution < 1.29 is 24.2 Å². The molecule has 0 heterocycles. The van der Waals surface area contributed by atoms with Gasteiger partial charge in [-0.3, -0.25) is 0 Å². The Morgan fingerprint density at radius 2 is 2.10 bits per heavy atom. The number of carboxylic acids is 1.